The average Bonchev–Trinajstić information content (AvgIpc) is 2.27. The Bertz CT molecular complexity index is 431. The molecule has 0 saturated heterocycles. The van der Waals surface area contributed by atoms with E-state index in [1.54, 1.807) is 13.0 Å². The lowest BCUT2D eigenvalue weighted by molar-refractivity contribution is 0.0984. The first kappa shape index (κ1) is 21.8. The number of hydrogen-bond acceptors (Lipinski definition) is 5. The van der Waals surface area contributed by atoms with Crippen molar-refractivity contribution < 1.29 is 37.4 Å². The molecule has 0 aromatic rings. The summed E-state index contributed by atoms with van der Waals surface area (Å²) in [6, 6.07) is 0. The standard InChI is InChI=1S/C6H11O4P.C4H9O4P/c1-5-6(2,3)10-11(7,8)9-4;1-2-3-4-8-9(5,6)7/h1H,2-4H3,(H,7,8);2-3H,4H2,1H3,(H2,5,6,7). The Morgan fingerprint density at radius 1 is 1.30 bits per heavy atom. The number of phosphoric ester groups is 2. The fraction of sp³-hybridized carbons (Fsp3) is 0.600. The van der Waals surface area contributed by atoms with Gasteiger partial charge in [0.05, 0.1) is 6.61 Å². The van der Waals surface area contributed by atoms with Gasteiger partial charge in [-0.05, 0) is 20.8 Å². The second kappa shape index (κ2) is 9.46. The summed E-state index contributed by atoms with van der Waals surface area (Å²) in [5, 5.41) is 0. The zero-order valence-electron chi connectivity index (χ0n) is 11.7. The molecule has 20 heavy (non-hydrogen) atoms. The lowest BCUT2D eigenvalue weighted by Gasteiger charge is -2.20. The lowest BCUT2D eigenvalue weighted by Crippen LogP contribution is -2.20. The van der Waals surface area contributed by atoms with Crippen molar-refractivity contribution in [2.45, 2.75) is 26.4 Å². The van der Waals surface area contributed by atoms with E-state index in [1.165, 1.54) is 19.9 Å². The molecule has 0 aromatic carbocycles. The van der Waals surface area contributed by atoms with Gasteiger partial charge in [-0.25, -0.2) is 9.13 Å². The summed E-state index contributed by atoms with van der Waals surface area (Å²) in [4.78, 5) is 25.0. The largest absolute Gasteiger partial charge is 0.473 e. The van der Waals surface area contributed by atoms with Gasteiger partial charge in [-0.3, -0.25) is 13.6 Å². The van der Waals surface area contributed by atoms with Crippen LogP contribution in [0.2, 0.25) is 0 Å². The van der Waals surface area contributed by atoms with Gasteiger partial charge in [-0.1, -0.05) is 18.1 Å². The molecule has 0 aliphatic carbocycles. The molecule has 1 unspecified atom stereocenters. The Balaban J connectivity index is 0. The predicted octanol–water partition coefficient (Wildman–Crippen LogP) is 1.83. The van der Waals surface area contributed by atoms with Crippen molar-refractivity contribution in [1.29, 1.82) is 0 Å². The number of phosphoric acid groups is 2. The molecule has 1 atom stereocenters. The van der Waals surface area contributed by atoms with Crippen LogP contribution in [-0.2, 0) is 22.7 Å². The van der Waals surface area contributed by atoms with E-state index in [4.69, 9.17) is 21.1 Å². The molecule has 0 heterocycles. The highest BCUT2D eigenvalue weighted by Gasteiger charge is 2.29. The van der Waals surface area contributed by atoms with Crippen LogP contribution < -0.4 is 0 Å². The highest BCUT2D eigenvalue weighted by Crippen LogP contribution is 2.45. The molecule has 0 amide bonds. The molecule has 0 radical (unpaired) electrons. The first-order valence-corrected chi connectivity index (χ1v) is 8.30. The number of terminal acetylenes is 1. The molecule has 0 aromatic heterocycles. The SMILES string of the molecule is C#CC(C)(C)OP(=O)(O)OC.CC=CCOP(=O)(O)O. The fourth-order valence-corrected chi connectivity index (χ4v) is 1.57. The maximum absolute atomic E-state index is 10.8. The van der Waals surface area contributed by atoms with E-state index in [-0.39, 0.29) is 6.61 Å². The van der Waals surface area contributed by atoms with E-state index in [0.29, 0.717) is 0 Å². The Morgan fingerprint density at radius 3 is 2.10 bits per heavy atom. The van der Waals surface area contributed by atoms with Crippen LogP contribution in [0.25, 0.3) is 0 Å². The number of hydrogen-bond donors (Lipinski definition) is 3. The van der Waals surface area contributed by atoms with Gasteiger partial charge in [0.25, 0.3) is 0 Å². The van der Waals surface area contributed by atoms with Gasteiger partial charge >= 0.3 is 15.6 Å². The number of rotatable bonds is 6. The Morgan fingerprint density at radius 2 is 1.80 bits per heavy atom. The van der Waals surface area contributed by atoms with Crippen LogP contribution in [0.4, 0.5) is 0 Å². The second-order valence-corrected chi connectivity index (χ2v) is 6.48. The molecule has 0 spiro atoms. The molecule has 8 nitrogen and oxygen atoms in total. The summed E-state index contributed by atoms with van der Waals surface area (Å²) in [6.07, 6.45) is 8.17. The zero-order valence-corrected chi connectivity index (χ0v) is 13.5. The molecule has 0 fully saturated rings. The van der Waals surface area contributed by atoms with Crippen molar-refractivity contribution in [2.75, 3.05) is 13.7 Å². The quantitative estimate of drug-likeness (QED) is 0.383. The highest BCUT2D eigenvalue weighted by atomic mass is 31.2. The third kappa shape index (κ3) is 15.6. The molecule has 0 aliphatic rings. The third-order valence-corrected chi connectivity index (χ3v) is 3.13. The maximum atomic E-state index is 10.8. The minimum Gasteiger partial charge on any atom is -0.303 e. The normalized spacial score (nSPS) is 15.1. The molecule has 0 aliphatic heterocycles. The van der Waals surface area contributed by atoms with Crippen LogP contribution in [0.15, 0.2) is 12.2 Å². The maximum Gasteiger partial charge on any atom is 0.473 e. The van der Waals surface area contributed by atoms with Crippen molar-refractivity contribution in [1.82, 2.24) is 0 Å². The van der Waals surface area contributed by atoms with Crippen molar-refractivity contribution in [3.8, 4) is 12.3 Å². The van der Waals surface area contributed by atoms with E-state index in [0.717, 1.165) is 7.11 Å². The van der Waals surface area contributed by atoms with Crippen LogP contribution >= 0.6 is 15.6 Å². The molecule has 0 saturated carbocycles. The monoisotopic (exact) mass is 330 g/mol. The topological polar surface area (TPSA) is 123 Å². The highest BCUT2D eigenvalue weighted by molar-refractivity contribution is 7.47. The molecule has 118 valence electrons. The average molecular weight is 330 g/mol. The molecular formula is C10H20O8P2. The van der Waals surface area contributed by atoms with Gasteiger partial charge in [-0.15, -0.1) is 6.42 Å². The lowest BCUT2D eigenvalue weighted by atomic mass is 10.2. The van der Waals surface area contributed by atoms with E-state index < -0.39 is 21.2 Å². The Hall–Kier alpha value is -0.480. The van der Waals surface area contributed by atoms with Gasteiger partial charge in [0.1, 0.15) is 5.60 Å². The fourth-order valence-electron chi connectivity index (χ4n) is 0.588. The summed E-state index contributed by atoms with van der Waals surface area (Å²) in [5.74, 6) is 2.20. The summed E-state index contributed by atoms with van der Waals surface area (Å²) >= 11 is 0. The van der Waals surface area contributed by atoms with Crippen molar-refractivity contribution in [3.63, 3.8) is 0 Å². The molecular weight excluding hydrogens is 310 g/mol. The summed E-state index contributed by atoms with van der Waals surface area (Å²) in [5.41, 5.74) is -1.08. The van der Waals surface area contributed by atoms with Crippen LogP contribution in [0.5, 0.6) is 0 Å². The Labute approximate surface area is 118 Å². The zero-order chi connectivity index (χ0) is 16.4. The van der Waals surface area contributed by atoms with Gasteiger partial charge < -0.3 is 14.7 Å². The first-order valence-electron chi connectivity index (χ1n) is 5.27. The molecule has 0 rings (SSSR count). The van der Waals surface area contributed by atoms with Crippen LogP contribution in [-0.4, -0.2) is 34.0 Å². The van der Waals surface area contributed by atoms with E-state index >= 15 is 0 Å². The smallest absolute Gasteiger partial charge is 0.303 e. The first-order chi connectivity index (χ1) is 8.89. The van der Waals surface area contributed by atoms with Crippen molar-refractivity contribution >= 4 is 15.6 Å². The van der Waals surface area contributed by atoms with Crippen LogP contribution in [0.3, 0.4) is 0 Å². The molecule has 3 N–H and O–H groups in total. The minimum atomic E-state index is -4.25. The van der Waals surface area contributed by atoms with E-state index in [2.05, 4.69) is 19.5 Å². The van der Waals surface area contributed by atoms with E-state index in [1.807, 2.05) is 0 Å². The molecule has 10 heteroatoms. The van der Waals surface area contributed by atoms with Crippen LogP contribution in [0, 0.1) is 12.3 Å². The Kier molecular flexibility index (Phi) is 10.3. The van der Waals surface area contributed by atoms with Gasteiger partial charge in [0, 0.05) is 7.11 Å². The predicted molar refractivity (Wildman–Crippen MR) is 73.6 cm³/mol. The summed E-state index contributed by atoms with van der Waals surface area (Å²) < 4.78 is 33.5. The summed E-state index contributed by atoms with van der Waals surface area (Å²) in [7, 11) is -7.12. The minimum absolute atomic E-state index is 0.0409. The summed E-state index contributed by atoms with van der Waals surface area (Å²) in [6.45, 7) is 4.69. The third-order valence-electron chi connectivity index (χ3n) is 1.50. The van der Waals surface area contributed by atoms with Gasteiger partial charge in [0.2, 0.25) is 0 Å². The molecule has 0 bridgehead atoms. The number of allylic oxidation sites excluding steroid dienone is 1. The van der Waals surface area contributed by atoms with Crippen LogP contribution in [0.1, 0.15) is 20.8 Å². The van der Waals surface area contributed by atoms with Gasteiger partial charge in [-0.2, -0.15) is 0 Å². The van der Waals surface area contributed by atoms with E-state index in [9.17, 15) is 9.13 Å². The van der Waals surface area contributed by atoms with Crippen molar-refractivity contribution in [2.24, 2.45) is 0 Å². The van der Waals surface area contributed by atoms with Crippen molar-refractivity contribution in [3.05, 3.63) is 12.2 Å². The second-order valence-electron chi connectivity index (χ2n) is 3.75. The van der Waals surface area contributed by atoms with Gasteiger partial charge in [0.15, 0.2) is 0 Å².